The van der Waals surface area contributed by atoms with Crippen LogP contribution >= 0.6 is 15.9 Å². The number of ether oxygens (including phenoxy) is 2. The van der Waals surface area contributed by atoms with Gasteiger partial charge in [0.2, 0.25) is 5.91 Å². The van der Waals surface area contributed by atoms with Crippen molar-refractivity contribution in [3.63, 3.8) is 0 Å². The Balaban J connectivity index is 1.47. The first-order chi connectivity index (χ1) is 12.2. The fourth-order valence-corrected chi connectivity index (χ4v) is 2.85. The summed E-state index contributed by atoms with van der Waals surface area (Å²) in [6.07, 6.45) is 2.31. The van der Waals surface area contributed by atoms with E-state index in [0.29, 0.717) is 12.3 Å². The molecule has 0 aromatic heterocycles. The molecule has 25 heavy (non-hydrogen) atoms. The lowest BCUT2D eigenvalue weighted by atomic mass is 10.2. The Morgan fingerprint density at radius 1 is 1.20 bits per heavy atom. The number of carbonyl (C=O) groups is 1. The molecular formula is C19H21BrN2O3. The predicted octanol–water partition coefficient (Wildman–Crippen LogP) is 4.06. The predicted molar refractivity (Wildman–Crippen MR) is 102 cm³/mol. The Morgan fingerprint density at radius 2 is 2.04 bits per heavy atom. The van der Waals surface area contributed by atoms with Crippen molar-refractivity contribution < 1.29 is 14.3 Å². The third-order valence-corrected chi connectivity index (χ3v) is 4.40. The number of rotatable bonds is 7. The normalized spacial score (nSPS) is 16.4. The third-order valence-electron chi connectivity index (χ3n) is 3.87. The summed E-state index contributed by atoms with van der Waals surface area (Å²) in [6, 6.07) is 15.1. The van der Waals surface area contributed by atoms with Gasteiger partial charge in [-0.2, -0.15) is 0 Å². The summed E-state index contributed by atoms with van der Waals surface area (Å²) in [4.78, 5) is 12.1. The van der Waals surface area contributed by atoms with E-state index in [1.165, 1.54) is 0 Å². The number of hydrogen-bond acceptors (Lipinski definition) is 4. The number of amides is 1. The summed E-state index contributed by atoms with van der Waals surface area (Å²) in [7, 11) is 0. The topological polar surface area (TPSA) is 59.6 Å². The zero-order valence-electron chi connectivity index (χ0n) is 13.8. The van der Waals surface area contributed by atoms with Gasteiger partial charge in [0.25, 0.3) is 0 Å². The first-order valence-corrected chi connectivity index (χ1v) is 9.12. The summed E-state index contributed by atoms with van der Waals surface area (Å²) in [5, 5.41) is 5.96. The minimum absolute atomic E-state index is 0.112. The summed E-state index contributed by atoms with van der Waals surface area (Å²) in [6.45, 7) is 1.56. The van der Waals surface area contributed by atoms with Gasteiger partial charge < -0.3 is 20.1 Å². The Morgan fingerprint density at radius 3 is 2.80 bits per heavy atom. The van der Waals surface area contributed by atoms with E-state index in [0.717, 1.165) is 35.4 Å². The average molecular weight is 405 g/mol. The quantitative estimate of drug-likeness (QED) is 0.730. The van der Waals surface area contributed by atoms with E-state index in [1.807, 2.05) is 48.5 Å². The highest BCUT2D eigenvalue weighted by molar-refractivity contribution is 9.10. The van der Waals surface area contributed by atoms with Gasteiger partial charge in [-0.05, 0) is 49.2 Å². The van der Waals surface area contributed by atoms with Crippen LogP contribution in [0.5, 0.6) is 5.75 Å². The Kier molecular flexibility index (Phi) is 6.30. The van der Waals surface area contributed by atoms with Crippen LogP contribution in [-0.2, 0) is 9.53 Å². The van der Waals surface area contributed by atoms with Gasteiger partial charge in [0.05, 0.1) is 12.6 Å². The molecule has 5 nitrogen and oxygen atoms in total. The molecule has 1 aliphatic heterocycles. The number of benzene rings is 2. The summed E-state index contributed by atoms with van der Waals surface area (Å²) < 4.78 is 12.3. The SMILES string of the molecule is O=C(CNc1ccc(Br)cc1)Nc1cccc(OCC2CCCO2)c1. The number of nitrogens with one attached hydrogen (secondary N) is 2. The third kappa shape index (κ3) is 5.76. The van der Waals surface area contributed by atoms with Crippen molar-refractivity contribution >= 4 is 33.2 Å². The number of carbonyl (C=O) groups excluding carboxylic acids is 1. The highest BCUT2D eigenvalue weighted by Gasteiger charge is 2.16. The van der Waals surface area contributed by atoms with Crippen LogP contribution in [0.1, 0.15) is 12.8 Å². The zero-order valence-corrected chi connectivity index (χ0v) is 15.4. The van der Waals surface area contributed by atoms with Gasteiger partial charge >= 0.3 is 0 Å². The molecule has 0 aliphatic carbocycles. The molecule has 1 atom stereocenters. The largest absolute Gasteiger partial charge is 0.491 e. The molecular weight excluding hydrogens is 384 g/mol. The van der Waals surface area contributed by atoms with Gasteiger partial charge in [0.1, 0.15) is 12.4 Å². The fourth-order valence-electron chi connectivity index (χ4n) is 2.58. The van der Waals surface area contributed by atoms with Gasteiger partial charge in [0.15, 0.2) is 0 Å². The lowest BCUT2D eigenvalue weighted by Gasteiger charge is -2.13. The number of hydrogen-bond donors (Lipinski definition) is 2. The molecule has 2 aromatic rings. The van der Waals surface area contributed by atoms with Crippen molar-refractivity contribution in [3.8, 4) is 5.75 Å². The first-order valence-electron chi connectivity index (χ1n) is 8.33. The molecule has 6 heteroatoms. The average Bonchev–Trinajstić information content (AvgIpc) is 3.13. The van der Waals surface area contributed by atoms with Crippen LogP contribution in [0.25, 0.3) is 0 Å². The number of anilines is 2. The van der Waals surface area contributed by atoms with E-state index < -0.39 is 0 Å². The molecule has 1 fully saturated rings. The molecule has 1 heterocycles. The van der Waals surface area contributed by atoms with Crippen LogP contribution in [0.3, 0.4) is 0 Å². The van der Waals surface area contributed by atoms with Crippen molar-refractivity contribution in [2.45, 2.75) is 18.9 Å². The second-order valence-electron chi connectivity index (χ2n) is 5.88. The lowest BCUT2D eigenvalue weighted by molar-refractivity contribution is -0.114. The zero-order chi connectivity index (χ0) is 17.5. The van der Waals surface area contributed by atoms with E-state index in [9.17, 15) is 4.79 Å². The molecule has 0 spiro atoms. The van der Waals surface area contributed by atoms with E-state index >= 15 is 0 Å². The summed E-state index contributed by atoms with van der Waals surface area (Å²) in [5.41, 5.74) is 1.61. The Labute approximate surface area is 155 Å². The maximum absolute atomic E-state index is 12.1. The monoisotopic (exact) mass is 404 g/mol. The minimum Gasteiger partial charge on any atom is -0.491 e. The summed E-state index contributed by atoms with van der Waals surface area (Å²) >= 11 is 3.38. The van der Waals surface area contributed by atoms with Crippen molar-refractivity contribution in [3.05, 3.63) is 53.0 Å². The number of halogens is 1. The molecule has 0 bridgehead atoms. The van der Waals surface area contributed by atoms with E-state index in [-0.39, 0.29) is 18.6 Å². The molecule has 1 aliphatic rings. The Hall–Kier alpha value is -2.05. The van der Waals surface area contributed by atoms with E-state index in [4.69, 9.17) is 9.47 Å². The molecule has 1 unspecified atom stereocenters. The van der Waals surface area contributed by atoms with Crippen molar-refractivity contribution in [1.29, 1.82) is 0 Å². The van der Waals surface area contributed by atoms with Gasteiger partial charge in [-0.25, -0.2) is 0 Å². The van der Waals surface area contributed by atoms with Crippen molar-refractivity contribution in [2.75, 3.05) is 30.4 Å². The maximum atomic E-state index is 12.1. The van der Waals surface area contributed by atoms with E-state index in [1.54, 1.807) is 0 Å². The lowest BCUT2D eigenvalue weighted by Crippen LogP contribution is -2.21. The second kappa shape index (κ2) is 8.87. The second-order valence-corrected chi connectivity index (χ2v) is 6.80. The van der Waals surface area contributed by atoms with Crippen LogP contribution in [0.4, 0.5) is 11.4 Å². The van der Waals surface area contributed by atoms with E-state index in [2.05, 4.69) is 26.6 Å². The molecule has 0 saturated carbocycles. The van der Waals surface area contributed by atoms with Crippen LogP contribution in [-0.4, -0.2) is 31.8 Å². The highest BCUT2D eigenvalue weighted by Crippen LogP contribution is 2.20. The van der Waals surface area contributed by atoms with Gasteiger partial charge in [-0.15, -0.1) is 0 Å². The fraction of sp³-hybridized carbons (Fsp3) is 0.316. The molecule has 132 valence electrons. The van der Waals surface area contributed by atoms with Crippen LogP contribution < -0.4 is 15.4 Å². The van der Waals surface area contributed by atoms with Crippen molar-refractivity contribution in [1.82, 2.24) is 0 Å². The standard InChI is InChI=1S/C19H21BrN2O3/c20-14-6-8-15(9-7-14)21-12-19(23)22-16-3-1-4-17(11-16)25-13-18-5-2-10-24-18/h1,3-4,6-9,11,18,21H,2,5,10,12-13H2,(H,22,23). The van der Waals surface area contributed by atoms with Crippen LogP contribution in [0.2, 0.25) is 0 Å². The Bertz CT molecular complexity index is 700. The van der Waals surface area contributed by atoms with Crippen LogP contribution in [0.15, 0.2) is 53.0 Å². The molecule has 1 amide bonds. The van der Waals surface area contributed by atoms with Crippen molar-refractivity contribution in [2.24, 2.45) is 0 Å². The maximum Gasteiger partial charge on any atom is 0.243 e. The van der Waals surface area contributed by atoms with Gasteiger partial charge in [0, 0.05) is 28.5 Å². The minimum atomic E-state index is -0.112. The molecule has 2 N–H and O–H groups in total. The molecule has 1 saturated heterocycles. The summed E-state index contributed by atoms with van der Waals surface area (Å²) in [5.74, 6) is 0.619. The van der Waals surface area contributed by atoms with Crippen LogP contribution in [0, 0.1) is 0 Å². The van der Waals surface area contributed by atoms with Gasteiger partial charge in [-0.1, -0.05) is 22.0 Å². The first kappa shape index (κ1) is 17.8. The molecule has 0 radical (unpaired) electrons. The molecule has 2 aromatic carbocycles. The highest BCUT2D eigenvalue weighted by atomic mass is 79.9. The smallest absolute Gasteiger partial charge is 0.243 e. The molecule has 3 rings (SSSR count). The van der Waals surface area contributed by atoms with Gasteiger partial charge in [-0.3, -0.25) is 4.79 Å².